The van der Waals surface area contributed by atoms with Gasteiger partial charge in [0.2, 0.25) is 5.91 Å². The zero-order chi connectivity index (χ0) is 12.3. The Labute approximate surface area is 101 Å². The van der Waals surface area contributed by atoms with E-state index in [0.717, 1.165) is 12.8 Å². The maximum Gasteiger partial charge on any atom is 0.230 e. The van der Waals surface area contributed by atoms with Crippen LogP contribution in [0.5, 0.6) is 0 Å². The van der Waals surface area contributed by atoms with E-state index in [1.807, 2.05) is 0 Å². The number of likely N-dealkylation sites (tertiary alicyclic amines) is 1. The van der Waals surface area contributed by atoms with E-state index >= 15 is 0 Å². The molecule has 1 saturated heterocycles. The Morgan fingerprint density at radius 2 is 1.76 bits per heavy atom. The predicted octanol–water partition coefficient (Wildman–Crippen LogP) is 1.59. The van der Waals surface area contributed by atoms with Gasteiger partial charge in [-0.25, -0.2) is 0 Å². The first-order valence-electron chi connectivity index (χ1n) is 6.06. The van der Waals surface area contributed by atoms with Crippen LogP contribution in [0.25, 0.3) is 0 Å². The standard InChI is InChI=1S/C14H17NO2/c1-2-11-3-5-12(6-4-11)7-8-15-10-13(16)9-14(15)17/h3-6H,2,7-10H2,1H3. The van der Waals surface area contributed by atoms with Crippen molar-refractivity contribution in [2.45, 2.75) is 26.2 Å². The molecule has 1 aromatic carbocycles. The summed E-state index contributed by atoms with van der Waals surface area (Å²) in [5, 5.41) is 0. The number of nitrogens with zero attached hydrogens (tertiary/aromatic N) is 1. The summed E-state index contributed by atoms with van der Waals surface area (Å²) in [5.74, 6) is 0.0107. The van der Waals surface area contributed by atoms with Crippen LogP contribution in [0.3, 0.4) is 0 Å². The minimum atomic E-state index is -0.0276. The molecule has 0 saturated carbocycles. The third-order valence-corrected chi connectivity index (χ3v) is 3.17. The van der Waals surface area contributed by atoms with Gasteiger partial charge in [0.25, 0.3) is 0 Å². The van der Waals surface area contributed by atoms with Crippen LogP contribution < -0.4 is 0 Å². The number of ketones is 1. The van der Waals surface area contributed by atoms with E-state index in [4.69, 9.17) is 0 Å². The average molecular weight is 231 g/mol. The van der Waals surface area contributed by atoms with Crippen molar-refractivity contribution in [1.29, 1.82) is 0 Å². The van der Waals surface area contributed by atoms with Crippen molar-refractivity contribution >= 4 is 11.7 Å². The van der Waals surface area contributed by atoms with E-state index in [1.165, 1.54) is 11.1 Å². The van der Waals surface area contributed by atoms with Crippen LogP contribution in [0.1, 0.15) is 24.5 Å². The maximum atomic E-state index is 11.4. The van der Waals surface area contributed by atoms with Gasteiger partial charge < -0.3 is 4.90 Å². The van der Waals surface area contributed by atoms with Gasteiger partial charge in [-0.05, 0) is 24.0 Å². The summed E-state index contributed by atoms with van der Waals surface area (Å²) in [7, 11) is 0. The van der Waals surface area contributed by atoms with E-state index in [1.54, 1.807) is 4.90 Å². The van der Waals surface area contributed by atoms with Gasteiger partial charge in [-0.2, -0.15) is 0 Å². The summed E-state index contributed by atoms with van der Waals surface area (Å²) >= 11 is 0. The quantitative estimate of drug-likeness (QED) is 0.738. The lowest BCUT2D eigenvalue weighted by Crippen LogP contribution is -2.27. The predicted molar refractivity (Wildman–Crippen MR) is 65.7 cm³/mol. The van der Waals surface area contributed by atoms with Crippen molar-refractivity contribution in [2.24, 2.45) is 0 Å². The van der Waals surface area contributed by atoms with Crippen molar-refractivity contribution in [2.75, 3.05) is 13.1 Å². The highest BCUT2D eigenvalue weighted by Crippen LogP contribution is 2.10. The molecule has 0 atom stereocenters. The third kappa shape index (κ3) is 2.93. The van der Waals surface area contributed by atoms with Crippen LogP contribution in [0, 0.1) is 0 Å². The van der Waals surface area contributed by atoms with Crippen LogP contribution in [0.2, 0.25) is 0 Å². The molecule has 1 fully saturated rings. The first-order chi connectivity index (χ1) is 8.19. The van der Waals surface area contributed by atoms with Crippen LogP contribution in [0.15, 0.2) is 24.3 Å². The van der Waals surface area contributed by atoms with Crippen molar-refractivity contribution in [3.63, 3.8) is 0 Å². The number of carbonyl (C=O) groups excluding carboxylic acids is 2. The smallest absolute Gasteiger partial charge is 0.230 e. The lowest BCUT2D eigenvalue weighted by molar-refractivity contribution is -0.127. The van der Waals surface area contributed by atoms with Crippen LogP contribution >= 0.6 is 0 Å². The summed E-state index contributed by atoms with van der Waals surface area (Å²) in [4.78, 5) is 24.2. The van der Waals surface area contributed by atoms with Crippen molar-refractivity contribution in [3.8, 4) is 0 Å². The normalized spacial score (nSPS) is 15.7. The second kappa shape index (κ2) is 5.13. The van der Waals surface area contributed by atoms with Crippen LogP contribution in [-0.2, 0) is 22.4 Å². The lowest BCUT2D eigenvalue weighted by atomic mass is 10.1. The van der Waals surface area contributed by atoms with Crippen molar-refractivity contribution < 1.29 is 9.59 Å². The van der Waals surface area contributed by atoms with Gasteiger partial charge in [0.15, 0.2) is 5.78 Å². The SMILES string of the molecule is CCc1ccc(CCN2CC(=O)CC2=O)cc1. The molecule has 17 heavy (non-hydrogen) atoms. The molecular weight excluding hydrogens is 214 g/mol. The number of rotatable bonds is 4. The van der Waals surface area contributed by atoms with E-state index in [-0.39, 0.29) is 18.1 Å². The fraction of sp³-hybridized carbons (Fsp3) is 0.429. The number of hydrogen-bond donors (Lipinski definition) is 0. The van der Waals surface area contributed by atoms with Gasteiger partial charge in [-0.1, -0.05) is 31.2 Å². The van der Waals surface area contributed by atoms with Crippen LogP contribution in [-0.4, -0.2) is 29.7 Å². The molecule has 0 aliphatic carbocycles. The molecule has 3 nitrogen and oxygen atoms in total. The summed E-state index contributed by atoms with van der Waals surface area (Å²) in [6.45, 7) is 3.07. The zero-order valence-corrected chi connectivity index (χ0v) is 10.1. The summed E-state index contributed by atoms with van der Waals surface area (Å²) in [6, 6.07) is 8.43. The monoisotopic (exact) mass is 231 g/mol. The molecule has 0 aromatic heterocycles. The van der Waals surface area contributed by atoms with Gasteiger partial charge in [-0.15, -0.1) is 0 Å². The molecule has 3 heteroatoms. The minimum absolute atomic E-state index is 0.0276. The first kappa shape index (κ1) is 11.8. The van der Waals surface area contributed by atoms with E-state index in [0.29, 0.717) is 13.1 Å². The molecule has 90 valence electrons. The largest absolute Gasteiger partial charge is 0.335 e. The maximum absolute atomic E-state index is 11.4. The van der Waals surface area contributed by atoms with Gasteiger partial charge in [0.1, 0.15) is 0 Å². The molecule has 2 rings (SSSR count). The van der Waals surface area contributed by atoms with E-state index in [2.05, 4.69) is 31.2 Å². The molecule has 0 N–H and O–H groups in total. The summed E-state index contributed by atoms with van der Waals surface area (Å²) < 4.78 is 0. The second-order valence-corrected chi connectivity index (χ2v) is 4.45. The number of benzene rings is 1. The summed E-state index contributed by atoms with van der Waals surface area (Å²) in [6.07, 6.45) is 1.96. The van der Waals surface area contributed by atoms with Crippen LogP contribution in [0.4, 0.5) is 0 Å². The molecule has 1 amide bonds. The topological polar surface area (TPSA) is 37.4 Å². The highest BCUT2D eigenvalue weighted by molar-refractivity contribution is 6.05. The fourth-order valence-electron chi connectivity index (χ4n) is 2.05. The highest BCUT2D eigenvalue weighted by Gasteiger charge is 2.26. The Bertz CT molecular complexity index is 422. The van der Waals surface area contributed by atoms with Gasteiger partial charge in [-0.3, -0.25) is 9.59 Å². The molecule has 1 heterocycles. The minimum Gasteiger partial charge on any atom is -0.335 e. The Morgan fingerprint density at radius 1 is 1.12 bits per heavy atom. The van der Waals surface area contributed by atoms with E-state index in [9.17, 15) is 9.59 Å². The molecule has 1 aliphatic rings. The molecular formula is C14H17NO2. The Kier molecular flexibility index (Phi) is 3.57. The fourth-order valence-corrected chi connectivity index (χ4v) is 2.05. The zero-order valence-electron chi connectivity index (χ0n) is 10.1. The Hall–Kier alpha value is -1.64. The second-order valence-electron chi connectivity index (χ2n) is 4.45. The molecule has 0 bridgehead atoms. The number of aryl methyl sites for hydroxylation is 1. The lowest BCUT2D eigenvalue weighted by Gasteiger charge is -2.14. The molecule has 1 aromatic rings. The number of carbonyl (C=O) groups is 2. The van der Waals surface area contributed by atoms with Gasteiger partial charge in [0, 0.05) is 6.54 Å². The van der Waals surface area contributed by atoms with Crippen molar-refractivity contribution in [3.05, 3.63) is 35.4 Å². The molecule has 0 spiro atoms. The highest BCUT2D eigenvalue weighted by atomic mass is 16.2. The average Bonchev–Trinajstić information content (AvgIpc) is 2.66. The molecule has 0 radical (unpaired) electrons. The Balaban J connectivity index is 1.89. The number of amides is 1. The van der Waals surface area contributed by atoms with Gasteiger partial charge in [0.05, 0.1) is 13.0 Å². The summed E-state index contributed by atoms with van der Waals surface area (Å²) in [5.41, 5.74) is 2.54. The molecule has 0 unspecified atom stereocenters. The first-order valence-corrected chi connectivity index (χ1v) is 6.06. The molecule has 1 aliphatic heterocycles. The Morgan fingerprint density at radius 3 is 2.29 bits per heavy atom. The number of hydrogen-bond acceptors (Lipinski definition) is 2. The van der Waals surface area contributed by atoms with Crippen molar-refractivity contribution in [1.82, 2.24) is 4.90 Å². The third-order valence-electron chi connectivity index (χ3n) is 3.17. The van der Waals surface area contributed by atoms with E-state index < -0.39 is 0 Å². The number of Topliss-reactive ketones (excluding diaryl/α,β-unsaturated/α-hetero) is 1. The van der Waals surface area contributed by atoms with Gasteiger partial charge >= 0.3 is 0 Å².